The molecule has 29 heavy (non-hydrogen) atoms. The highest BCUT2D eigenvalue weighted by molar-refractivity contribution is 7.89. The molecule has 5 heteroatoms. The predicted octanol–water partition coefficient (Wildman–Crippen LogP) is 5.71. The van der Waals surface area contributed by atoms with E-state index in [4.69, 9.17) is 11.6 Å². The van der Waals surface area contributed by atoms with Crippen LogP contribution in [-0.4, -0.2) is 25.8 Å². The highest BCUT2D eigenvalue weighted by Crippen LogP contribution is 2.73. The van der Waals surface area contributed by atoms with Gasteiger partial charge in [0.05, 0.1) is 4.90 Å². The predicted molar refractivity (Wildman–Crippen MR) is 119 cm³/mol. The summed E-state index contributed by atoms with van der Waals surface area (Å²) in [5, 5.41) is 0.892. The zero-order chi connectivity index (χ0) is 20.8. The summed E-state index contributed by atoms with van der Waals surface area (Å²) in [6.07, 6.45) is 1.80. The highest BCUT2D eigenvalue weighted by atomic mass is 35.5. The number of fused-ring (bicyclic) bond motifs is 1. The van der Waals surface area contributed by atoms with Crippen LogP contribution in [0.1, 0.15) is 43.7 Å². The van der Waals surface area contributed by atoms with Gasteiger partial charge >= 0.3 is 0 Å². The Kier molecular flexibility index (Phi) is 5.39. The standard InChI is InChI=1S/C24H28ClNO2S/c1-4-18(5-2)23(25)24-16-26(29(27,28)20-13-11-17(3)12-14-20)15-21(24)22(24)19-9-7-6-8-10-19/h6-14,21-22H,4-5,15-16H2,1-3H3/t21-,22-,24+/m0/s1. The number of aryl methyl sites for hydroxylation is 1. The third-order valence-electron chi connectivity index (χ3n) is 6.74. The Hall–Kier alpha value is -1.62. The zero-order valence-corrected chi connectivity index (χ0v) is 18.8. The van der Waals surface area contributed by atoms with Crippen LogP contribution in [0.25, 0.3) is 0 Å². The van der Waals surface area contributed by atoms with Gasteiger partial charge in [0.1, 0.15) is 0 Å². The van der Waals surface area contributed by atoms with Crippen molar-refractivity contribution in [3.63, 3.8) is 0 Å². The summed E-state index contributed by atoms with van der Waals surface area (Å²) in [5.74, 6) is 0.513. The molecule has 1 saturated heterocycles. The van der Waals surface area contributed by atoms with E-state index in [-0.39, 0.29) is 17.3 Å². The number of nitrogens with zero attached hydrogens (tertiary/aromatic N) is 1. The van der Waals surface area contributed by atoms with Crippen LogP contribution in [0, 0.1) is 18.3 Å². The lowest BCUT2D eigenvalue weighted by Crippen LogP contribution is -2.33. The first-order chi connectivity index (χ1) is 13.9. The van der Waals surface area contributed by atoms with Gasteiger partial charge in [0, 0.05) is 29.5 Å². The minimum atomic E-state index is -3.52. The van der Waals surface area contributed by atoms with Gasteiger partial charge in [-0.05, 0) is 43.4 Å². The summed E-state index contributed by atoms with van der Waals surface area (Å²) < 4.78 is 28.2. The van der Waals surface area contributed by atoms with E-state index in [0.29, 0.717) is 18.0 Å². The summed E-state index contributed by atoms with van der Waals surface area (Å²) in [6.45, 7) is 7.19. The normalized spacial score (nSPS) is 26.2. The van der Waals surface area contributed by atoms with E-state index < -0.39 is 10.0 Å². The van der Waals surface area contributed by atoms with Gasteiger partial charge in [-0.3, -0.25) is 0 Å². The highest BCUT2D eigenvalue weighted by Gasteiger charge is 2.72. The maximum absolute atomic E-state index is 13.3. The number of hydrogen-bond acceptors (Lipinski definition) is 2. The van der Waals surface area contributed by atoms with Crippen molar-refractivity contribution in [2.45, 2.75) is 44.4 Å². The van der Waals surface area contributed by atoms with E-state index in [0.717, 1.165) is 23.4 Å². The molecule has 0 spiro atoms. The summed E-state index contributed by atoms with van der Waals surface area (Å²) in [6, 6.07) is 17.5. The average molecular weight is 430 g/mol. The van der Waals surface area contributed by atoms with Gasteiger partial charge in [-0.25, -0.2) is 8.42 Å². The van der Waals surface area contributed by atoms with Crippen LogP contribution in [0.15, 0.2) is 70.1 Å². The number of piperidine rings is 1. The molecule has 1 aliphatic carbocycles. The molecule has 1 aliphatic heterocycles. The first kappa shape index (κ1) is 20.6. The Morgan fingerprint density at radius 1 is 1.07 bits per heavy atom. The number of allylic oxidation sites excluding steroid dienone is 1. The molecule has 0 radical (unpaired) electrons. The van der Waals surface area contributed by atoms with Crippen LogP contribution >= 0.6 is 11.6 Å². The van der Waals surface area contributed by atoms with E-state index in [1.54, 1.807) is 16.4 Å². The molecular weight excluding hydrogens is 402 g/mol. The number of halogens is 1. The second kappa shape index (κ2) is 7.57. The fraction of sp³-hybridized carbons (Fsp3) is 0.417. The molecule has 2 aromatic carbocycles. The van der Waals surface area contributed by atoms with Crippen molar-refractivity contribution < 1.29 is 8.42 Å². The first-order valence-corrected chi connectivity index (χ1v) is 12.2. The van der Waals surface area contributed by atoms with Crippen LogP contribution in [0.5, 0.6) is 0 Å². The number of sulfonamides is 1. The molecule has 1 saturated carbocycles. The Morgan fingerprint density at radius 2 is 1.69 bits per heavy atom. The SMILES string of the molecule is CCC(CC)=C(Cl)[C@]12CN(S(=O)(=O)c3ccc(C)cc3)C[C@H]1[C@@H]2c1ccccc1. The molecule has 1 heterocycles. The molecule has 2 aromatic rings. The molecule has 0 N–H and O–H groups in total. The van der Waals surface area contributed by atoms with Crippen molar-refractivity contribution in [3.8, 4) is 0 Å². The smallest absolute Gasteiger partial charge is 0.207 e. The molecule has 4 rings (SSSR count). The third-order valence-corrected chi connectivity index (χ3v) is 9.18. The third kappa shape index (κ3) is 3.26. The van der Waals surface area contributed by atoms with Crippen LogP contribution in [0.2, 0.25) is 0 Å². The van der Waals surface area contributed by atoms with E-state index >= 15 is 0 Å². The second-order valence-corrected chi connectivity index (χ2v) is 10.6. The molecule has 3 nitrogen and oxygen atoms in total. The summed E-state index contributed by atoms with van der Waals surface area (Å²) in [4.78, 5) is 0.363. The summed E-state index contributed by atoms with van der Waals surface area (Å²) in [5.41, 5.74) is 3.26. The van der Waals surface area contributed by atoms with E-state index in [2.05, 4.69) is 38.1 Å². The van der Waals surface area contributed by atoms with Crippen molar-refractivity contribution in [2.24, 2.45) is 11.3 Å². The lowest BCUT2D eigenvalue weighted by molar-refractivity contribution is 0.411. The van der Waals surface area contributed by atoms with Crippen molar-refractivity contribution >= 4 is 21.6 Å². The van der Waals surface area contributed by atoms with Crippen LogP contribution in [0.4, 0.5) is 0 Å². The Morgan fingerprint density at radius 3 is 2.28 bits per heavy atom. The molecule has 0 amide bonds. The van der Waals surface area contributed by atoms with Crippen molar-refractivity contribution in [1.82, 2.24) is 4.31 Å². The maximum Gasteiger partial charge on any atom is 0.243 e. The topological polar surface area (TPSA) is 37.4 Å². The minimum Gasteiger partial charge on any atom is -0.207 e. The van der Waals surface area contributed by atoms with E-state index in [9.17, 15) is 8.42 Å². The van der Waals surface area contributed by atoms with E-state index in [1.807, 2.05) is 25.1 Å². The Bertz CT molecular complexity index is 1020. The zero-order valence-electron chi connectivity index (χ0n) is 17.2. The number of hydrogen-bond donors (Lipinski definition) is 0. The summed E-state index contributed by atoms with van der Waals surface area (Å²) >= 11 is 7.02. The maximum atomic E-state index is 13.3. The van der Waals surface area contributed by atoms with Gasteiger partial charge < -0.3 is 0 Å². The second-order valence-electron chi connectivity index (χ2n) is 8.27. The fourth-order valence-corrected chi connectivity index (χ4v) is 7.17. The number of rotatable bonds is 6. The quantitative estimate of drug-likeness (QED) is 0.589. The van der Waals surface area contributed by atoms with Crippen molar-refractivity contribution in [3.05, 3.63) is 76.3 Å². The Labute approximate surface area is 179 Å². The Balaban J connectivity index is 1.72. The van der Waals surface area contributed by atoms with Gasteiger partial charge in [0.15, 0.2) is 0 Å². The molecule has 0 unspecified atom stereocenters. The largest absolute Gasteiger partial charge is 0.243 e. The average Bonchev–Trinajstić information content (AvgIpc) is 3.18. The minimum absolute atomic E-state index is 0.228. The van der Waals surface area contributed by atoms with Crippen LogP contribution < -0.4 is 0 Å². The summed E-state index contributed by atoms with van der Waals surface area (Å²) in [7, 11) is -3.52. The lowest BCUT2D eigenvalue weighted by atomic mass is 9.94. The molecule has 2 aliphatic rings. The van der Waals surface area contributed by atoms with E-state index in [1.165, 1.54) is 11.1 Å². The molecule has 0 bridgehead atoms. The molecule has 2 fully saturated rings. The molecule has 0 aromatic heterocycles. The lowest BCUT2D eigenvalue weighted by Gasteiger charge is -2.25. The van der Waals surface area contributed by atoms with Crippen LogP contribution in [-0.2, 0) is 10.0 Å². The van der Waals surface area contributed by atoms with Crippen molar-refractivity contribution in [1.29, 1.82) is 0 Å². The van der Waals surface area contributed by atoms with Gasteiger partial charge in [0.2, 0.25) is 10.0 Å². The van der Waals surface area contributed by atoms with Gasteiger partial charge in [-0.2, -0.15) is 4.31 Å². The van der Waals surface area contributed by atoms with Gasteiger partial charge in [-0.1, -0.05) is 79.0 Å². The van der Waals surface area contributed by atoms with Gasteiger partial charge in [-0.15, -0.1) is 0 Å². The first-order valence-electron chi connectivity index (χ1n) is 10.4. The number of benzene rings is 2. The monoisotopic (exact) mass is 429 g/mol. The van der Waals surface area contributed by atoms with Crippen LogP contribution in [0.3, 0.4) is 0 Å². The molecule has 3 atom stereocenters. The fourth-order valence-electron chi connectivity index (χ4n) is 5.07. The van der Waals surface area contributed by atoms with Crippen molar-refractivity contribution in [2.75, 3.05) is 13.1 Å². The molecule has 154 valence electrons. The van der Waals surface area contributed by atoms with Gasteiger partial charge in [0.25, 0.3) is 0 Å². The molecular formula is C24H28ClNO2S.